The Hall–Kier alpha value is -2.01. The standard InChI is InChI=1S/C21H21ClFN3/c1-25-8-10-26(11-9-25)14-15-2-4-17(20(23)12-15)16-3-5-18-19(22)6-7-24-21(18)13-16/h2-7,12-13H,8-11,14H2,1H3. The molecule has 0 aliphatic carbocycles. The van der Waals surface area contributed by atoms with Crippen molar-refractivity contribution in [3.8, 4) is 11.1 Å². The molecule has 5 heteroatoms. The molecule has 1 aliphatic heterocycles. The number of piperazine rings is 1. The lowest BCUT2D eigenvalue weighted by atomic mass is 10.0. The first-order chi connectivity index (χ1) is 12.6. The van der Waals surface area contributed by atoms with Gasteiger partial charge in [-0.1, -0.05) is 35.9 Å². The summed E-state index contributed by atoms with van der Waals surface area (Å²) in [6, 6.07) is 13.0. The summed E-state index contributed by atoms with van der Waals surface area (Å²) in [7, 11) is 2.14. The van der Waals surface area contributed by atoms with E-state index in [1.165, 1.54) is 0 Å². The van der Waals surface area contributed by atoms with Gasteiger partial charge in [-0.05, 0) is 36.4 Å². The maximum atomic E-state index is 14.8. The van der Waals surface area contributed by atoms with Gasteiger partial charge in [0, 0.05) is 49.9 Å². The summed E-state index contributed by atoms with van der Waals surface area (Å²) in [5, 5.41) is 1.54. The molecule has 0 saturated carbocycles. The molecule has 1 aliphatic rings. The van der Waals surface area contributed by atoms with Crippen molar-refractivity contribution in [2.45, 2.75) is 6.54 Å². The predicted molar refractivity (Wildman–Crippen MR) is 105 cm³/mol. The normalized spacial score (nSPS) is 16.3. The fourth-order valence-electron chi connectivity index (χ4n) is 3.44. The number of aromatic nitrogens is 1. The molecule has 0 amide bonds. The highest BCUT2D eigenvalue weighted by Gasteiger charge is 2.15. The lowest BCUT2D eigenvalue weighted by molar-refractivity contribution is 0.148. The number of rotatable bonds is 3. The second kappa shape index (κ2) is 7.31. The summed E-state index contributed by atoms with van der Waals surface area (Å²) in [5.74, 6) is -0.196. The zero-order chi connectivity index (χ0) is 18.1. The number of pyridine rings is 1. The Balaban J connectivity index is 1.58. The van der Waals surface area contributed by atoms with Crippen LogP contribution in [0, 0.1) is 5.82 Å². The third kappa shape index (κ3) is 3.58. The Bertz CT molecular complexity index is 936. The van der Waals surface area contributed by atoms with E-state index in [-0.39, 0.29) is 5.82 Å². The minimum atomic E-state index is -0.196. The third-order valence-electron chi connectivity index (χ3n) is 5.04. The van der Waals surface area contributed by atoms with E-state index in [4.69, 9.17) is 11.6 Å². The van der Waals surface area contributed by atoms with Crippen LogP contribution in [0.25, 0.3) is 22.0 Å². The summed E-state index contributed by atoms with van der Waals surface area (Å²) in [4.78, 5) is 9.03. The van der Waals surface area contributed by atoms with Crippen molar-refractivity contribution in [3.05, 3.63) is 65.1 Å². The molecular weight excluding hydrogens is 349 g/mol. The van der Waals surface area contributed by atoms with Crippen LogP contribution in [-0.2, 0) is 6.54 Å². The fourth-order valence-corrected chi connectivity index (χ4v) is 3.65. The molecule has 2 aromatic carbocycles. The Morgan fingerprint density at radius 1 is 1.04 bits per heavy atom. The number of hydrogen-bond donors (Lipinski definition) is 0. The van der Waals surface area contributed by atoms with E-state index in [1.807, 2.05) is 30.3 Å². The van der Waals surface area contributed by atoms with Crippen LogP contribution in [-0.4, -0.2) is 48.0 Å². The Morgan fingerprint density at radius 2 is 1.85 bits per heavy atom. The molecule has 1 fully saturated rings. The average Bonchev–Trinajstić information content (AvgIpc) is 2.64. The number of fused-ring (bicyclic) bond motifs is 1. The van der Waals surface area contributed by atoms with Crippen LogP contribution in [0.5, 0.6) is 0 Å². The summed E-state index contributed by atoms with van der Waals surface area (Å²) in [6.45, 7) is 4.97. The van der Waals surface area contributed by atoms with Crippen molar-refractivity contribution in [1.82, 2.24) is 14.8 Å². The maximum absolute atomic E-state index is 14.8. The molecule has 3 aromatic rings. The first-order valence-electron chi connectivity index (χ1n) is 8.84. The van der Waals surface area contributed by atoms with Crippen molar-refractivity contribution in [1.29, 1.82) is 0 Å². The van der Waals surface area contributed by atoms with Gasteiger partial charge in [-0.15, -0.1) is 0 Å². The highest BCUT2D eigenvalue weighted by molar-refractivity contribution is 6.35. The molecule has 134 valence electrons. The molecule has 0 radical (unpaired) electrons. The maximum Gasteiger partial charge on any atom is 0.131 e. The van der Waals surface area contributed by atoms with Gasteiger partial charge in [0.05, 0.1) is 10.5 Å². The van der Waals surface area contributed by atoms with Gasteiger partial charge in [0.15, 0.2) is 0 Å². The van der Waals surface area contributed by atoms with Crippen LogP contribution in [0.3, 0.4) is 0 Å². The minimum absolute atomic E-state index is 0.196. The van der Waals surface area contributed by atoms with Crippen molar-refractivity contribution >= 4 is 22.5 Å². The van der Waals surface area contributed by atoms with Gasteiger partial charge in [-0.25, -0.2) is 4.39 Å². The molecular formula is C21H21ClFN3. The number of benzene rings is 2. The minimum Gasteiger partial charge on any atom is -0.304 e. The quantitative estimate of drug-likeness (QED) is 0.680. The SMILES string of the molecule is CN1CCN(Cc2ccc(-c3ccc4c(Cl)ccnc4c3)c(F)c2)CC1. The van der Waals surface area contributed by atoms with E-state index in [0.717, 1.165) is 54.8 Å². The topological polar surface area (TPSA) is 19.4 Å². The van der Waals surface area contributed by atoms with Crippen LogP contribution in [0.1, 0.15) is 5.56 Å². The van der Waals surface area contributed by atoms with Crippen molar-refractivity contribution in [2.75, 3.05) is 33.2 Å². The van der Waals surface area contributed by atoms with E-state index in [2.05, 4.69) is 21.8 Å². The van der Waals surface area contributed by atoms with Crippen molar-refractivity contribution in [2.24, 2.45) is 0 Å². The Kier molecular flexibility index (Phi) is 4.90. The largest absolute Gasteiger partial charge is 0.304 e. The molecule has 0 unspecified atom stereocenters. The molecule has 3 nitrogen and oxygen atoms in total. The molecule has 0 N–H and O–H groups in total. The first-order valence-corrected chi connectivity index (χ1v) is 9.22. The Labute approximate surface area is 158 Å². The summed E-state index contributed by atoms with van der Waals surface area (Å²) in [5.41, 5.74) is 3.19. The number of hydrogen-bond acceptors (Lipinski definition) is 3. The molecule has 1 saturated heterocycles. The second-order valence-electron chi connectivity index (χ2n) is 6.92. The molecule has 0 atom stereocenters. The van der Waals surface area contributed by atoms with Crippen LogP contribution in [0.15, 0.2) is 48.7 Å². The van der Waals surface area contributed by atoms with E-state index < -0.39 is 0 Å². The van der Waals surface area contributed by atoms with E-state index in [1.54, 1.807) is 18.3 Å². The molecule has 2 heterocycles. The number of halogens is 2. The second-order valence-corrected chi connectivity index (χ2v) is 7.33. The average molecular weight is 370 g/mol. The van der Waals surface area contributed by atoms with Gasteiger partial charge in [0.2, 0.25) is 0 Å². The predicted octanol–water partition coefficient (Wildman–Crippen LogP) is 4.44. The highest BCUT2D eigenvalue weighted by atomic mass is 35.5. The molecule has 1 aromatic heterocycles. The van der Waals surface area contributed by atoms with Gasteiger partial charge in [0.1, 0.15) is 5.82 Å². The van der Waals surface area contributed by atoms with Crippen LogP contribution < -0.4 is 0 Å². The number of likely N-dealkylation sites (N-methyl/N-ethyl adjacent to an activating group) is 1. The van der Waals surface area contributed by atoms with Gasteiger partial charge in [-0.2, -0.15) is 0 Å². The molecule has 0 spiro atoms. The molecule has 4 rings (SSSR count). The monoisotopic (exact) mass is 369 g/mol. The van der Waals surface area contributed by atoms with Crippen LogP contribution in [0.4, 0.5) is 4.39 Å². The lowest BCUT2D eigenvalue weighted by Gasteiger charge is -2.32. The van der Waals surface area contributed by atoms with E-state index >= 15 is 0 Å². The van der Waals surface area contributed by atoms with Gasteiger partial charge in [0.25, 0.3) is 0 Å². The highest BCUT2D eigenvalue weighted by Crippen LogP contribution is 2.29. The third-order valence-corrected chi connectivity index (χ3v) is 5.37. The first kappa shape index (κ1) is 17.4. The van der Waals surface area contributed by atoms with Gasteiger partial charge < -0.3 is 4.90 Å². The summed E-state index contributed by atoms with van der Waals surface area (Å²) < 4.78 is 14.8. The van der Waals surface area contributed by atoms with Gasteiger partial charge >= 0.3 is 0 Å². The zero-order valence-corrected chi connectivity index (χ0v) is 15.5. The molecule has 26 heavy (non-hydrogen) atoms. The van der Waals surface area contributed by atoms with E-state index in [9.17, 15) is 4.39 Å². The smallest absolute Gasteiger partial charge is 0.131 e. The fraction of sp³-hybridized carbons (Fsp3) is 0.286. The number of nitrogens with zero attached hydrogens (tertiary/aromatic N) is 3. The Morgan fingerprint density at radius 3 is 2.62 bits per heavy atom. The van der Waals surface area contributed by atoms with Gasteiger partial charge in [-0.3, -0.25) is 9.88 Å². The summed E-state index contributed by atoms with van der Waals surface area (Å²) >= 11 is 6.19. The lowest BCUT2D eigenvalue weighted by Crippen LogP contribution is -2.43. The molecule has 0 bridgehead atoms. The zero-order valence-electron chi connectivity index (χ0n) is 14.8. The van der Waals surface area contributed by atoms with Crippen LogP contribution >= 0.6 is 11.6 Å². The van der Waals surface area contributed by atoms with Crippen molar-refractivity contribution in [3.63, 3.8) is 0 Å². The summed E-state index contributed by atoms with van der Waals surface area (Å²) in [6.07, 6.45) is 1.67. The van der Waals surface area contributed by atoms with Crippen molar-refractivity contribution < 1.29 is 4.39 Å². The van der Waals surface area contributed by atoms with E-state index in [0.29, 0.717) is 10.6 Å². The van der Waals surface area contributed by atoms with Crippen LogP contribution in [0.2, 0.25) is 5.02 Å².